The van der Waals surface area contributed by atoms with E-state index in [2.05, 4.69) is 10.3 Å². The number of fused-ring (bicyclic) bond motifs is 1. The number of pyridine rings is 1. The molecule has 0 amide bonds. The SMILES string of the molecule is COc1ccc2nc(NCC(F)(F)F)c(CCl)cc2c1.Cl. The van der Waals surface area contributed by atoms with Gasteiger partial charge in [0.15, 0.2) is 0 Å². The molecule has 0 unspecified atom stereocenters. The van der Waals surface area contributed by atoms with Gasteiger partial charge in [0.25, 0.3) is 0 Å². The summed E-state index contributed by atoms with van der Waals surface area (Å²) in [7, 11) is 1.54. The first-order valence-electron chi connectivity index (χ1n) is 5.77. The van der Waals surface area contributed by atoms with Crippen LogP contribution in [0.2, 0.25) is 0 Å². The maximum absolute atomic E-state index is 12.2. The van der Waals surface area contributed by atoms with Crippen molar-refractivity contribution in [3.63, 3.8) is 0 Å². The Morgan fingerprint density at radius 3 is 2.57 bits per heavy atom. The van der Waals surface area contributed by atoms with Gasteiger partial charge in [-0.3, -0.25) is 0 Å². The summed E-state index contributed by atoms with van der Waals surface area (Å²) in [5, 5.41) is 3.03. The van der Waals surface area contributed by atoms with E-state index < -0.39 is 12.7 Å². The predicted octanol–water partition coefficient (Wildman–Crippen LogP) is 4.38. The van der Waals surface area contributed by atoms with Crippen molar-refractivity contribution < 1.29 is 17.9 Å². The number of aromatic nitrogens is 1. The summed E-state index contributed by atoms with van der Waals surface area (Å²) in [4.78, 5) is 4.17. The van der Waals surface area contributed by atoms with Crippen molar-refractivity contribution in [3.05, 3.63) is 29.8 Å². The summed E-state index contributed by atoms with van der Waals surface area (Å²) in [6.45, 7) is -1.15. The van der Waals surface area contributed by atoms with Crippen LogP contribution in [-0.2, 0) is 5.88 Å². The average Bonchev–Trinajstić information content (AvgIpc) is 2.42. The number of halogens is 5. The van der Waals surface area contributed by atoms with Crippen molar-refractivity contribution in [3.8, 4) is 5.75 Å². The van der Waals surface area contributed by atoms with Gasteiger partial charge >= 0.3 is 6.18 Å². The monoisotopic (exact) mass is 340 g/mol. The van der Waals surface area contributed by atoms with Crippen LogP contribution < -0.4 is 10.1 Å². The Morgan fingerprint density at radius 2 is 2.00 bits per heavy atom. The normalized spacial score (nSPS) is 11.1. The van der Waals surface area contributed by atoms with E-state index in [1.807, 2.05) is 0 Å². The molecule has 2 rings (SSSR count). The Hall–Kier alpha value is -1.40. The molecule has 0 fully saturated rings. The van der Waals surface area contributed by atoms with Crippen molar-refractivity contribution >= 4 is 40.7 Å². The number of methoxy groups -OCH3 is 1. The van der Waals surface area contributed by atoms with Crippen LogP contribution in [0, 0.1) is 0 Å². The van der Waals surface area contributed by atoms with Gasteiger partial charge in [-0.1, -0.05) is 0 Å². The molecule has 0 saturated heterocycles. The number of nitrogens with zero attached hydrogens (tertiary/aromatic N) is 1. The zero-order valence-electron chi connectivity index (χ0n) is 11.0. The zero-order valence-corrected chi connectivity index (χ0v) is 12.6. The molecule has 2 aromatic rings. The van der Waals surface area contributed by atoms with Crippen molar-refractivity contribution in [2.45, 2.75) is 12.1 Å². The standard InChI is InChI=1S/C13H12ClF3N2O.ClH/c1-20-10-2-3-11-8(5-10)4-9(6-14)12(19-11)18-7-13(15,16)17;/h2-5H,6-7H2,1H3,(H,18,19);1H. The largest absolute Gasteiger partial charge is 0.497 e. The van der Waals surface area contributed by atoms with E-state index in [9.17, 15) is 13.2 Å². The highest BCUT2D eigenvalue weighted by Gasteiger charge is 2.27. The van der Waals surface area contributed by atoms with Crippen LogP contribution >= 0.6 is 24.0 Å². The number of benzene rings is 1. The Bertz CT molecular complexity index is 620. The van der Waals surface area contributed by atoms with E-state index in [1.54, 1.807) is 24.3 Å². The van der Waals surface area contributed by atoms with E-state index in [1.165, 1.54) is 7.11 Å². The maximum Gasteiger partial charge on any atom is 0.405 e. The zero-order chi connectivity index (χ0) is 14.8. The highest BCUT2D eigenvalue weighted by molar-refractivity contribution is 6.17. The molecule has 8 heteroatoms. The van der Waals surface area contributed by atoms with Gasteiger partial charge in [0.05, 0.1) is 18.5 Å². The third-order valence-electron chi connectivity index (χ3n) is 2.70. The van der Waals surface area contributed by atoms with E-state index >= 15 is 0 Å². The summed E-state index contributed by atoms with van der Waals surface area (Å²) in [6.07, 6.45) is -4.31. The molecular formula is C13H13Cl2F3N2O. The molecule has 1 heterocycles. The summed E-state index contributed by atoms with van der Waals surface area (Å²) in [5.41, 5.74) is 1.08. The summed E-state index contributed by atoms with van der Waals surface area (Å²) >= 11 is 5.76. The topological polar surface area (TPSA) is 34.1 Å². The molecule has 0 radical (unpaired) electrons. The lowest BCUT2D eigenvalue weighted by Crippen LogP contribution is -2.22. The second kappa shape index (κ2) is 7.04. The van der Waals surface area contributed by atoms with Crippen LogP contribution in [0.1, 0.15) is 5.56 Å². The number of rotatable bonds is 4. The van der Waals surface area contributed by atoms with Gasteiger partial charge in [0.2, 0.25) is 0 Å². The second-order valence-electron chi connectivity index (χ2n) is 4.16. The number of nitrogens with one attached hydrogen (secondary N) is 1. The molecular weight excluding hydrogens is 328 g/mol. The molecule has 21 heavy (non-hydrogen) atoms. The van der Waals surface area contributed by atoms with Crippen LogP contribution in [0.3, 0.4) is 0 Å². The number of anilines is 1. The maximum atomic E-state index is 12.2. The third-order valence-corrected chi connectivity index (χ3v) is 2.99. The lowest BCUT2D eigenvalue weighted by atomic mass is 10.1. The number of hydrogen-bond acceptors (Lipinski definition) is 3. The quantitative estimate of drug-likeness (QED) is 0.838. The predicted molar refractivity (Wildman–Crippen MR) is 79.6 cm³/mol. The van der Waals surface area contributed by atoms with Gasteiger partial charge < -0.3 is 10.1 Å². The van der Waals surface area contributed by atoms with E-state index in [4.69, 9.17) is 16.3 Å². The molecule has 0 atom stereocenters. The van der Waals surface area contributed by atoms with E-state index in [-0.39, 0.29) is 24.1 Å². The Balaban J connectivity index is 0.00000220. The molecule has 1 aromatic heterocycles. The number of ether oxygens (including phenoxy) is 1. The van der Waals surface area contributed by atoms with Crippen molar-refractivity contribution in [1.29, 1.82) is 0 Å². The molecule has 116 valence electrons. The van der Waals surface area contributed by atoms with Gasteiger partial charge in [0, 0.05) is 10.9 Å². The Labute approximate surface area is 130 Å². The van der Waals surface area contributed by atoms with Crippen molar-refractivity contribution in [2.24, 2.45) is 0 Å². The Morgan fingerprint density at radius 1 is 1.29 bits per heavy atom. The average molecular weight is 341 g/mol. The minimum Gasteiger partial charge on any atom is -0.497 e. The number of alkyl halides is 4. The van der Waals surface area contributed by atoms with Crippen molar-refractivity contribution in [2.75, 3.05) is 19.0 Å². The molecule has 0 bridgehead atoms. The first-order valence-corrected chi connectivity index (χ1v) is 6.30. The van der Waals surface area contributed by atoms with Crippen LogP contribution in [0.15, 0.2) is 24.3 Å². The van der Waals surface area contributed by atoms with Crippen LogP contribution in [0.4, 0.5) is 19.0 Å². The molecule has 1 aromatic carbocycles. The second-order valence-corrected chi connectivity index (χ2v) is 4.42. The summed E-state index contributed by atoms with van der Waals surface area (Å²) < 4.78 is 41.8. The van der Waals surface area contributed by atoms with Crippen LogP contribution in [0.25, 0.3) is 10.9 Å². The fourth-order valence-electron chi connectivity index (χ4n) is 1.76. The first-order chi connectivity index (χ1) is 9.43. The van der Waals surface area contributed by atoms with Crippen molar-refractivity contribution in [1.82, 2.24) is 4.98 Å². The lowest BCUT2D eigenvalue weighted by Gasteiger charge is -2.13. The van der Waals surface area contributed by atoms with Gasteiger partial charge in [-0.25, -0.2) is 4.98 Å². The minimum absolute atomic E-state index is 0. The summed E-state index contributed by atoms with van der Waals surface area (Å²) in [5.74, 6) is 0.867. The highest BCUT2D eigenvalue weighted by Crippen LogP contribution is 2.26. The fourth-order valence-corrected chi connectivity index (χ4v) is 1.97. The molecule has 0 aliphatic rings. The fraction of sp³-hybridized carbons (Fsp3) is 0.308. The minimum atomic E-state index is -4.31. The van der Waals surface area contributed by atoms with Gasteiger partial charge in [-0.05, 0) is 24.3 Å². The Kier molecular flexibility index (Phi) is 5.92. The van der Waals surface area contributed by atoms with E-state index in [0.717, 1.165) is 5.39 Å². The van der Waals surface area contributed by atoms with Gasteiger partial charge in [0.1, 0.15) is 18.1 Å². The molecule has 0 saturated carbocycles. The molecule has 0 aliphatic carbocycles. The molecule has 1 N–H and O–H groups in total. The lowest BCUT2D eigenvalue weighted by molar-refractivity contribution is -0.115. The molecule has 0 aliphatic heterocycles. The van der Waals surface area contributed by atoms with Gasteiger partial charge in [-0.2, -0.15) is 13.2 Å². The summed E-state index contributed by atoms with van der Waals surface area (Å²) in [6, 6.07) is 6.84. The van der Waals surface area contributed by atoms with Crippen LogP contribution in [-0.4, -0.2) is 24.8 Å². The van der Waals surface area contributed by atoms with E-state index in [0.29, 0.717) is 16.8 Å². The third kappa shape index (κ3) is 4.54. The highest BCUT2D eigenvalue weighted by atomic mass is 35.5. The molecule has 0 spiro atoms. The first kappa shape index (κ1) is 17.7. The van der Waals surface area contributed by atoms with Crippen LogP contribution in [0.5, 0.6) is 5.75 Å². The van der Waals surface area contributed by atoms with Gasteiger partial charge in [-0.15, -0.1) is 24.0 Å². The number of hydrogen-bond donors (Lipinski definition) is 1. The molecule has 3 nitrogen and oxygen atoms in total. The smallest absolute Gasteiger partial charge is 0.405 e.